The molecule has 0 spiro atoms. The summed E-state index contributed by atoms with van der Waals surface area (Å²) in [4.78, 5) is 7.50. The smallest absolute Gasteiger partial charge is 0.137 e. The first-order valence-electron chi connectivity index (χ1n) is 7.38. The Hall–Kier alpha value is -2.10. The molecule has 1 fully saturated rings. The van der Waals surface area contributed by atoms with Crippen LogP contribution in [0.2, 0.25) is 0 Å². The van der Waals surface area contributed by atoms with Crippen LogP contribution >= 0.6 is 0 Å². The van der Waals surface area contributed by atoms with Crippen molar-refractivity contribution in [1.29, 1.82) is 0 Å². The van der Waals surface area contributed by atoms with Gasteiger partial charge in [0, 0.05) is 29.5 Å². The molecule has 20 heavy (non-hydrogen) atoms. The molecule has 3 heterocycles. The number of H-pyrrole nitrogens is 1. The molecule has 4 nitrogen and oxygen atoms in total. The molecule has 0 atom stereocenters. The van der Waals surface area contributed by atoms with Crippen LogP contribution < -0.4 is 0 Å². The van der Waals surface area contributed by atoms with E-state index in [1.165, 1.54) is 43.2 Å². The average molecular weight is 266 g/mol. The minimum absolute atomic E-state index is 0.584. The van der Waals surface area contributed by atoms with Gasteiger partial charge in [-0.15, -0.1) is 0 Å². The highest BCUT2D eigenvalue weighted by atomic mass is 15.3. The van der Waals surface area contributed by atoms with E-state index in [2.05, 4.69) is 38.1 Å². The zero-order valence-corrected chi connectivity index (χ0v) is 11.4. The third-order valence-corrected chi connectivity index (χ3v) is 4.32. The Morgan fingerprint density at radius 1 is 1.15 bits per heavy atom. The Morgan fingerprint density at radius 3 is 2.95 bits per heavy atom. The second kappa shape index (κ2) is 4.78. The Labute approximate surface area is 117 Å². The largest absolute Gasteiger partial charge is 0.346 e. The van der Waals surface area contributed by atoms with Crippen molar-refractivity contribution in [2.45, 2.75) is 38.1 Å². The number of rotatable bonds is 2. The highest BCUT2D eigenvalue weighted by molar-refractivity contribution is 5.92. The number of aromatic nitrogens is 4. The van der Waals surface area contributed by atoms with Gasteiger partial charge in [0.1, 0.15) is 5.65 Å². The van der Waals surface area contributed by atoms with Crippen LogP contribution in [0.25, 0.3) is 22.2 Å². The summed E-state index contributed by atoms with van der Waals surface area (Å²) in [5.41, 5.74) is 3.33. The van der Waals surface area contributed by atoms with Gasteiger partial charge in [0.25, 0.3) is 0 Å². The molecule has 1 aliphatic carbocycles. The minimum Gasteiger partial charge on any atom is -0.346 e. The fourth-order valence-electron chi connectivity index (χ4n) is 3.24. The SMILES string of the molecule is c1cc(-c2cnn(C3CCCCC3)c2)c2cc[nH]c2n1. The van der Waals surface area contributed by atoms with E-state index in [-0.39, 0.29) is 0 Å². The molecule has 0 aromatic carbocycles. The summed E-state index contributed by atoms with van der Waals surface area (Å²) in [5, 5.41) is 5.76. The Bertz CT molecular complexity index is 719. The van der Waals surface area contributed by atoms with Crippen molar-refractivity contribution in [3.8, 4) is 11.1 Å². The number of aromatic amines is 1. The Balaban J connectivity index is 1.72. The zero-order chi connectivity index (χ0) is 13.4. The van der Waals surface area contributed by atoms with Crippen molar-refractivity contribution in [3.63, 3.8) is 0 Å². The molecule has 4 heteroatoms. The number of hydrogen-bond acceptors (Lipinski definition) is 2. The number of fused-ring (bicyclic) bond motifs is 1. The lowest BCUT2D eigenvalue weighted by atomic mass is 9.96. The molecular weight excluding hydrogens is 248 g/mol. The standard InChI is InChI=1S/C16H18N4/c1-2-4-13(5-3-1)20-11-12(10-19-20)14-6-8-17-16-15(14)7-9-18-16/h6-11,13H,1-5H2,(H,17,18). The van der Waals surface area contributed by atoms with Gasteiger partial charge in [-0.25, -0.2) is 4.98 Å². The molecule has 4 rings (SSSR count). The Morgan fingerprint density at radius 2 is 2.05 bits per heavy atom. The predicted octanol–water partition coefficient (Wildman–Crippen LogP) is 3.93. The lowest BCUT2D eigenvalue weighted by Crippen LogP contribution is -2.12. The highest BCUT2D eigenvalue weighted by Crippen LogP contribution is 2.31. The van der Waals surface area contributed by atoms with Crippen LogP contribution in [0.15, 0.2) is 36.9 Å². The number of hydrogen-bond donors (Lipinski definition) is 1. The average Bonchev–Trinajstić information content (AvgIpc) is 3.17. The third-order valence-electron chi connectivity index (χ3n) is 4.32. The van der Waals surface area contributed by atoms with Gasteiger partial charge >= 0.3 is 0 Å². The van der Waals surface area contributed by atoms with E-state index in [4.69, 9.17) is 0 Å². The van der Waals surface area contributed by atoms with Gasteiger partial charge in [0.15, 0.2) is 0 Å². The van der Waals surface area contributed by atoms with E-state index in [1.807, 2.05) is 18.6 Å². The summed E-state index contributed by atoms with van der Waals surface area (Å²) in [6.45, 7) is 0. The fraction of sp³-hybridized carbons (Fsp3) is 0.375. The molecule has 3 aromatic rings. The van der Waals surface area contributed by atoms with Crippen LogP contribution in [0.5, 0.6) is 0 Å². The van der Waals surface area contributed by atoms with E-state index in [9.17, 15) is 0 Å². The van der Waals surface area contributed by atoms with Gasteiger partial charge in [0.2, 0.25) is 0 Å². The van der Waals surface area contributed by atoms with Crippen LogP contribution in [0.3, 0.4) is 0 Å². The summed E-state index contributed by atoms with van der Waals surface area (Å²) in [6.07, 6.45) is 14.5. The van der Waals surface area contributed by atoms with Gasteiger partial charge in [-0.2, -0.15) is 5.10 Å². The quantitative estimate of drug-likeness (QED) is 0.764. The van der Waals surface area contributed by atoms with Gasteiger partial charge in [-0.1, -0.05) is 19.3 Å². The van der Waals surface area contributed by atoms with E-state index < -0.39 is 0 Å². The van der Waals surface area contributed by atoms with E-state index in [1.54, 1.807) is 0 Å². The maximum Gasteiger partial charge on any atom is 0.137 e. The Kier molecular flexibility index (Phi) is 2.80. The lowest BCUT2D eigenvalue weighted by molar-refractivity contribution is 0.329. The zero-order valence-electron chi connectivity index (χ0n) is 11.4. The van der Waals surface area contributed by atoms with E-state index >= 15 is 0 Å². The summed E-state index contributed by atoms with van der Waals surface area (Å²) in [6, 6.07) is 4.73. The number of pyridine rings is 1. The maximum atomic E-state index is 4.59. The van der Waals surface area contributed by atoms with Crippen LogP contribution in [0, 0.1) is 0 Å². The van der Waals surface area contributed by atoms with Gasteiger partial charge in [0.05, 0.1) is 12.2 Å². The monoisotopic (exact) mass is 266 g/mol. The lowest BCUT2D eigenvalue weighted by Gasteiger charge is -2.21. The molecular formula is C16H18N4. The summed E-state index contributed by atoms with van der Waals surface area (Å²) in [5.74, 6) is 0. The molecule has 3 aromatic heterocycles. The predicted molar refractivity (Wildman–Crippen MR) is 79.4 cm³/mol. The topological polar surface area (TPSA) is 46.5 Å². The molecule has 0 radical (unpaired) electrons. The molecule has 0 aliphatic heterocycles. The van der Waals surface area contributed by atoms with E-state index in [0.29, 0.717) is 6.04 Å². The first-order chi connectivity index (χ1) is 9.92. The highest BCUT2D eigenvalue weighted by Gasteiger charge is 2.16. The normalized spacial score (nSPS) is 16.8. The summed E-state index contributed by atoms with van der Waals surface area (Å²) < 4.78 is 2.16. The van der Waals surface area contributed by atoms with Crippen molar-refractivity contribution in [2.24, 2.45) is 0 Å². The van der Waals surface area contributed by atoms with Crippen molar-refractivity contribution in [2.75, 3.05) is 0 Å². The molecule has 0 saturated heterocycles. The fourth-order valence-corrected chi connectivity index (χ4v) is 3.24. The van der Waals surface area contributed by atoms with Crippen molar-refractivity contribution in [3.05, 3.63) is 36.9 Å². The van der Waals surface area contributed by atoms with Gasteiger partial charge in [-0.05, 0) is 30.5 Å². The van der Waals surface area contributed by atoms with Crippen molar-refractivity contribution < 1.29 is 0 Å². The molecule has 1 saturated carbocycles. The minimum atomic E-state index is 0.584. The summed E-state index contributed by atoms with van der Waals surface area (Å²) in [7, 11) is 0. The number of nitrogens with zero attached hydrogens (tertiary/aromatic N) is 3. The van der Waals surface area contributed by atoms with Crippen molar-refractivity contribution in [1.82, 2.24) is 19.7 Å². The van der Waals surface area contributed by atoms with Gasteiger partial charge in [-0.3, -0.25) is 4.68 Å². The second-order valence-electron chi connectivity index (χ2n) is 5.60. The maximum absolute atomic E-state index is 4.59. The number of nitrogens with one attached hydrogen (secondary N) is 1. The molecule has 1 N–H and O–H groups in total. The van der Waals surface area contributed by atoms with Gasteiger partial charge < -0.3 is 4.98 Å². The molecule has 0 amide bonds. The molecule has 102 valence electrons. The molecule has 1 aliphatic rings. The van der Waals surface area contributed by atoms with Crippen LogP contribution in [0.4, 0.5) is 0 Å². The van der Waals surface area contributed by atoms with Crippen LogP contribution in [0.1, 0.15) is 38.1 Å². The van der Waals surface area contributed by atoms with Crippen molar-refractivity contribution >= 4 is 11.0 Å². The first kappa shape index (κ1) is 11.7. The van der Waals surface area contributed by atoms with Crippen LogP contribution in [-0.4, -0.2) is 19.7 Å². The third kappa shape index (κ3) is 1.92. The first-order valence-corrected chi connectivity index (χ1v) is 7.38. The second-order valence-corrected chi connectivity index (χ2v) is 5.60. The molecule has 0 bridgehead atoms. The molecule has 0 unspecified atom stereocenters. The van der Waals surface area contributed by atoms with E-state index in [0.717, 1.165) is 11.0 Å². The van der Waals surface area contributed by atoms with Crippen LogP contribution in [-0.2, 0) is 0 Å². The summed E-state index contributed by atoms with van der Waals surface area (Å²) >= 11 is 0.